The van der Waals surface area contributed by atoms with E-state index in [-0.39, 0.29) is 24.5 Å². The van der Waals surface area contributed by atoms with E-state index in [1.807, 2.05) is 25.3 Å². The summed E-state index contributed by atoms with van der Waals surface area (Å²) in [4.78, 5) is 28.4. The van der Waals surface area contributed by atoms with E-state index in [1.54, 1.807) is 23.2 Å². The van der Waals surface area contributed by atoms with E-state index < -0.39 is 17.2 Å². The molecule has 222 valence electrons. The number of anilines is 2. The van der Waals surface area contributed by atoms with Gasteiger partial charge in [0.05, 0.1) is 21.8 Å². The largest absolute Gasteiger partial charge is 0.444 e. The van der Waals surface area contributed by atoms with Gasteiger partial charge in [0, 0.05) is 31.9 Å². The standard InChI is InChI=1S/C29H31Cl2F2N7O2/c1-29(2,3)42-28(41)39-8-4-5-17(14-39)15-40-25-23(37-26(40)24-19(30)10-18(34)11-20(24)31)13-36-27(38-25)35-12-16-6-7-21(32)22(33)9-16/h6-7,9-11,13,17H,4-5,8,12,14-15,34H2,1-3H3,(H,35,36,38). The number of rotatable bonds is 6. The van der Waals surface area contributed by atoms with Crippen molar-refractivity contribution in [2.75, 3.05) is 24.1 Å². The Hall–Kier alpha value is -3.70. The van der Waals surface area contributed by atoms with Crippen molar-refractivity contribution in [3.05, 3.63) is 63.8 Å². The molecule has 3 heterocycles. The summed E-state index contributed by atoms with van der Waals surface area (Å²) in [5, 5.41) is 3.73. The van der Waals surface area contributed by atoms with Crippen LogP contribution in [0.5, 0.6) is 0 Å². The van der Waals surface area contributed by atoms with Crippen molar-refractivity contribution in [3.63, 3.8) is 0 Å². The summed E-state index contributed by atoms with van der Waals surface area (Å²) in [5.74, 6) is -1.03. The summed E-state index contributed by atoms with van der Waals surface area (Å²) in [7, 11) is 0. The van der Waals surface area contributed by atoms with E-state index in [9.17, 15) is 13.6 Å². The van der Waals surface area contributed by atoms with E-state index in [0.29, 0.717) is 63.5 Å². The molecule has 13 heteroatoms. The van der Waals surface area contributed by atoms with Gasteiger partial charge in [0.1, 0.15) is 16.9 Å². The fourth-order valence-electron chi connectivity index (χ4n) is 4.97. The molecule has 1 aliphatic heterocycles. The molecular formula is C29H31Cl2F2N7O2. The number of nitrogen functional groups attached to an aromatic ring is 1. The number of benzene rings is 2. The van der Waals surface area contributed by atoms with Gasteiger partial charge in [-0.1, -0.05) is 29.3 Å². The Kier molecular flexibility index (Phi) is 8.43. The number of aromatic nitrogens is 4. The van der Waals surface area contributed by atoms with Crippen LogP contribution in [-0.4, -0.2) is 49.2 Å². The van der Waals surface area contributed by atoms with Crippen LogP contribution >= 0.6 is 23.2 Å². The molecule has 4 aromatic rings. The van der Waals surface area contributed by atoms with Crippen LogP contribution in [0, 0.1) is 17.6 Å². The normalized spacial score (nSPS) is 15.7. The van der Waals surface area contributed by atoms with Gasteiger partial charge in [-0.2, -0.15) is 4.98 Å². The number of amides is 1. The fraction of sp³-hybridized carbons (Fsp3) is 0.379. The predicted octanol–water partition coefficient (Wildman–Crippen LogP) is 6.92. The van der Waals surface area contributed by atoms with Crippen molar-refractivity contribution >= 4 is 52.1 Å². The van der Waals surface area contributed by atoms with Gasteiger partial charge in [-0.3, -0.25) is 0 Å². The molecule has 0 spiro atoms. The van der Waals surface area contributed by atoms with Gasteiger partial charge in [-0.05, 0) is 69.4 Å². The predicted molar refractivity (Wildman–Crippen MR) is 159 cm³/mol. The van der Waals surface area contributed by atoms with Gasteiger partial charge >= 0.3 is 6.09 Å². The highest BCUT2D eigenvalue weighted by atomic mass is 35.5. The molecular weight excluding hydrogens is 587 g/mol. The van der Waals surface area contributed by atoms with Crippen molar-refractivity contribution in [2.45, 2.75) is 52.3 Å². The van der Waals surface area contributed by atoms with Crippen molar-refractivity contribution in [1.29, 1.82) is 0 Å². The van der Waals surface area contributed by atoms with Crippen LogP contribution in [0.25, 0.3) is 22.6 Å². The highest BCUT2D eigenvalue weighted by Gasteiger charge is 2.30. The molecule has 3 N–H and O–H groups in total. The van der Waals surface area contributed by atoms with E-state index in [1.165, 1.54) is 6.07 Å². The number of carbonyl (C=O) groups excluding carboxylic acids is 1. The number of piperidine rings is 1. The molecule has 1 aliphatic rings. The maximum absolute atomic E-state index is 13.7. The van der Waals surface area contributed by atoms with Gasteiger partial charge in [-0.25, -0.2) is 23.5 Å². The lowest BCUT2D eigenvalue weighted by Crippen LogP contribution is -2.43. The van der Waals surface area contributed by atoms with Crippen LogP contribution in [0.4, 0.5) is 25.2 Å². The number of hydrogen-bond donors (Lipinski definition) is 2. The lowest BCUT2D eigenvalue weighted by molar-refractivity contribution is 0.0158. The number of imidazole rings is 1. The maximum Gasteiger partial charge on any atom is 0.410 e. The Labute approximate surface area is 252 Å². The number of carbonyl (C=O) groups is 1. The lowest BCUT2D eigenvalue weighted by atomic mass is 9.98. The van der Waals surface area contributed by atoms with E-state index in [2.05, 4.69) is 10.3 Å². The number of ether oxygens (including phenoxy) is 1. The molecule has 5 rings (SSSR count). The molecule has 9 nitrogen and oxygen atoms in total. The molecule has 2 aromatic heterocycles. The maximum atomic E-state index is 13.7. The Morgan fingerprint density at radius 2 is 1.88 bits per heavy atom. The highest BCUT2D eigenvalue weighted by molar-refractivity contribution is 6.39. The zero-order valence-corrected chi connectivity index (χ0v) is 24.9. The first-order valence-electron chi connectivity index (χ1n) is 13.5. The first kappa shape index (κ1) is 29.8. The van der Waals surface area contributed by atoms with Gasteiger partial charge in [0.2, 0.25) is 5.95 Å². The summed E-state index contributed by atoms with van der Waals surface area (Å²) in [6.45, 7) is 7.26. The number of nitrogens with one attached hydrogen (secondary N) is 1. The zero-order chi connectivity index (χ0) is 30.2. The minimum Gasteiger partial charge on any atom is -0.444 e. The topological polar surface area (TPSA) is 111 Å². The SMILES string of the molecule is CC(C)(C)OC(=O)N1CCCC(Cn2c(-c3c(Cl)cc(N)cc3Cl)nc3cnc(NCc4ccc(F)c(F)c4)nc32)C1. The average Bonchev–Trinajstić information content (AvgIpc) is 3.25. The third-order valence-electron chi connectivity index (χ3n) is 6.82. The molecule has 1 saturated heterocycles. The molecule has 1 atom stereocenters. The second-order valence-corrected chi connectivity index (χ2v) is 12.2. The zero-order valence-electron chi connectivity index (χ0n) is 23.4. The molecule has 0 bridgehead atoms. The van der Waals surface area contributed by atoms with Crippen LogP contribution in [0.3, 0.4) is 0 Å². The summed E-state index contributed by atoms with van der Waals surface area (Å²) >= 11 is 13.2. The van der Waals surface area contributed by atoms with Crippen molar-refractivity contribution in [1.82, 2.24) is 24.4 Å². The Morgan fingerprint density at radius 1 is 1.14 bits per heavy atom. The number of fused-ring (bicyclic) bond motifs is 1. The van der Waals surface area contributed by atoms with E-state index in [4.69, 9.17) is 43.6 Å². The summed E-state index contributed by atoms with van der Waals surface area (Å²) in [5.41, 5.74) is 7.83. The third-order valence-corrected chi connectivity index (χ3v) is 7.42. The molecule has 1 fully saturated rings. The van der Waals surface area contributed by atoms with Crippen molar-refractivity contribution in [2.24, 2.45) is 5.92 Å². The number of nitrogens with zero attached hydrogens (tertiary/aromatic N) is 5. The highest BCUT2D eigenvalue weighted by Crippen LogP contribution is 2.38. The smallest absolute Gasteiger partial charge is 0.410 e. The molecule has 0 saturated carbocycles. The Bertz CT molecular complexity index is 1620. The lowest BCUT2D eigenvalue weighted by Gasteiger charge is -2.34. The van der Waals surface area contributed by atoms with E-state index >= 15 is 0 Å². The van der Waals surface area contributed by atoms with Gasteiger partial charge < -0.3 is 25.3 Å². The number of halogens is 4. The number of nitrogens with two attached hydrogens (primary N) is 1. The second kappa shape index (κ2) is 11.9. The van der Waals surface area contributed by atoms with Gasteiger partial charge in [0.25, 0.3) is 0 Å². The van der Waals surface area contributed by atoms with Crippen LogP contribution in [0.1, 0.15) is 39.2 Å². The molecule has 0 aliphatic carbocycles. The van der Waals surface area contributed by atoms with E-state index in [0.717, 1.165) is 25.0 Å². The van der Waals surface area contributed by atoms with Crippen LogP contribution in [-0.2, 0) is 17.8 Å². The van der Waals surface area contributed by atoms with Crippen molar-refractivity contribution in [3.8, 4) is 11.4 Å². The third kappa shape index (κ3) is 6.68. The molecule has 2 aromatic carbocycles. The van der Waals surface area contributed by atoms with Crippen LogP contribution in [0.2, 0.25) is 10.0 Å². The van der Waals surface area contributed by atoms with Gasteiger partial charge in [0.15, 0.2) is 17.3 Å². The average molecular weight is 619 g/mol. The first-order chi connectivity index (χ1) is 19.9. The number of hydrogen-bond acceptors (Lipinski definition) is 7. The first-order valence-corrected chi connectivity index (χ1v) is 14.3. The fourth-order valence-corrected chi connectivity index (χ4v) is 5.64. The molecule has 1 amide bonds. The number of likely N-dealkylation sites (tertiary alicyclic amines) is 1. The minimum atomic E-state index is -0.932. The molecule has 0 radical (unpaired) electrons. The summed E-state index contributed by atoms with van der Waals surface area (Å²) < 4.78 is 34.6. The van der Waals surface area contributed by atoms with Crippen molar-refractivity contribution < 1.29 is 18.3 Å². The summed E-state index contributed by atoms with van der Waals surface area (Å²) in [6, 6.07) is 6.89. The van der Waals surface area contributed by atoms with Crippen LogP contribution < -0.4 is 11.1 Å². The summed E-state index contributed by atoms with van der Waals surface area (Å²) in [6.07, 6.45) is 2.90. The monoisotopic (exact) mass is 617 g/mol. The Morgan fingerprint density at radius 3 is 2.57 bits per heavy atom. The second-order valence-electron chi connectivity index (χ2n) is 11.3. The Balaban J connectivity index is 1.49. The molecule has 1 unspecified atom stereocenters. The van der Waals surface area contributed by atoms with Crippen LogP contribution in [0.15, 0.2) is 36.5 Å². The van der Waals surface area contributed by atoms with Gasteiger partial charge in [-0.15, -0.1) is 0 Å². The quantitative estimate of drug-likeness (QED) is 0.226. The molecule has 42 heavy (non-hydrogen) atoms. The minimum absolute atomic E-state index is 0.0577.